The molecule has 0 radical (unpaired) electrons. The van der Waals surface area contributed by atoms with Gasteiger partial charge in [0.1, 0.15) is 6.61 Å². The van der Waals surface area contributed by atoms with E-state index in [2.05, 4.69) is 30.4 Å². The van der Waals surface area contributed by atoms with Crippen molar-refractivity contribution in [3.05, 3.63) is 11.6 Å². The van der Waals surface area contributed by atoms with Gasteiger partial charge in [0.15, 0.2) is 5.96 Å². The molecule has 7 nitrogen and oxygen atoms in total. The largest absolute Gasteiger partial charge is 0.394 e. The average molecular weight is 461 g/mol. The van der Waals surface area contributed by atoms with Crippen LogP contribution in [0, 0.1) is 39.9 Å². The van der Waals surface area contributed by atoms with Crippen LogP contribution in [0.1, 0.15) is 78.6 Å². The average Bonchev–Trinajstić information content (AvgIpc) is 3.02. The molecule has 0 amide bonds. The molecule has 0 aromatic heterocycles. The van der Waals surface area contributed by atoms with Gasteiger partial charge in [-0.1, -0.05) is 25.1 Å². The molecule has 0 saturated heterocycles. The molecule has 33 heavy (non-hydrogen) atoms. The molecule has 186 valence electrons. The standard InChI is InChI=1S/C26H44N4O3/c1-17(16-30-33-13-12-29-23(27)28)14-19-6-11-26(32)22-5-4-18-15-20(31)7-9-24(18,2)21(22)8-10-25(19,26)3/h14,16,18-22,31-32H,4-13,15H2,1-3H3,(H4,27,28,29)/b17-14+,30-16+/t18-,19-,20+,21+,22-,24+,25-,26+/m1/s1. The van der Waals surface area contributed by atoms with Gasteiger partial charge in [-0.15, -0.1) is 0 Å². The normalized spacial score (nSPS) is 45.2. The van der Waals surface area contributed by atoms with Crippen LogP contribution >= 0.6 is 0 Å². The van der Waals surface area contributed by atoms with E-state index in [4.69, 9.17) is 16.0 Å². The molecule has 0 unspecified atom stereocenters. The lowest BCUT2D eigenvalue weighted by atomic mass is 9.43. The molecule has 7 heteroatoms. The maximum Gasteiger partial charge on any atom is 0.185 e. The fraction of sp³-hybridized carbons (Fsp3) is 0.846. The molecule has 4 fully saturated rings. The molecule has 4 rings (SSSR count). The second kappa shape index (κ2) is 9.21. The third kappa shape index (κ3) is 4.31. The highest BCUT2D eigenvalue weighted by Gasteiger charge is 2.66. The molecule has 6 N–H and O–H groups in total. The van der Waals surface area contributed by atoms with E-state index in [1.54, 1.807) is 6.21 Å². The van der Waals surface area contributed by atoms with E-state index in [9.17, 15) is 10.2 Å². The van der Waals surface area contributed by atoms with Crippen LogP contribution in [0.25, 0.3) is 0 Å². The maximum atomic E-state index is 12.3. The second-order valence-electron chi connectivity index (χ2n) is 11.8. The molecule has 0 heterocycles. The molecular formula is C26H44N4O3. The first-order valence-electron chi connectivity index (χ1n) is 12.9. The number of nitrogens with one attached hydrogen (secondary N) is 2. The van der Waals surface area contributed by atoms with Gasteiger partial charge in [-0.2, -0.15) is 0 Å². The van der Waals surface area contributed by atoms with Crippen molar-refractivity contribution in [2.24, 2.45) is 45.4 Å². The third-order valence-corrected chi connectivity index (χ3v) is 10.2. The first-order chi connectivity index (χ1) is 15.6. The number of rotatable bonds is 6. The highest BCUT2D eigenvalue weighted by molar-refractivity contribution is 5.77. The summed E-state index contributed by atoms with van der Waals surface area (Å²) >= 11 is 0. The smallest absolute Gasteiger partial charge is 0.185 e. The number of guanidine groups is 1. The molecule has 0 aliphatic heterocycles. The summed E-state index contributed by atoms with van der Waals surface area (Å²) in [6.45, 7) is 7.64. The van der Waals surface area contributed by atoms with Gasteiger partial charge in [-0.05, 0) is 99.4 Å². The Morgan fingerprint density at radius 3 is 2.70 bits per heavy atom. The lowest BCUT2D eigenvalue weighted by Crippen LogP contribution is -2.62. The topological polar surface area (TPSA) is 124 Å². The van der Waals surface area contributed by atoms with Crippen LogP contribution < -0.4 is 11.1 Å². The summed E-state index contributed by atoms with van der Waals surface area (Å²) in [4.78, 5) is 5.26. The summed E-state index contributed by atoms with van der Waals surface area (Å²) in [6, 6.07) is 0. The van der Waals surface area contributed by atoms with Crippen LogP contribution in [-0.4, -0.2) is 47.2 Å². The Balaban J connectivity index is 1.44. The van der Waals surface area contributed by atoms with Crippen molar-refractivity contribution in [1.29, 1.82) is 5.41 Å². The van der Waals surface area contributed by atoms with Crippen molar-refractivity contribution < 1.29 is 15.1 Å². The highest BCUT2D eigenvalue weighted by Crippen LogP contribution is 2.69. The first kappa shape index (κ1) is 24.5. The Morgan fingerprint density at radius 2 is 1.94 bits per heavy atom. The van der Waals surface area contributed by atoms with Crippen LogP contribution in [0.2, 0.25) is 0 Å². The summed E-state index contributed by atoms with van der Waals surface area (Å²) in [5, 5.41) is 36.4. The quantitative estimate of drug-likeness (QED) is 0.179. The van der Waals surface area contributed by atoms with Crippen LogP contribution in [0.5, 0.6) is 0 Å². The van der Waals surface area contributed by atoms with Gasteiger partial charge in [-0.3, -0.25) is 5.41 Å². The molecule has 0 spiro atoms. The fourth-order valence-corrected chi connectivity index (χ4v) is 8.28. The number of oxime groups is 1. The van der Waals surface area contributed by atoms with E-state index < -0.39 is 5.60 Å². The monoisotopic (exact) mass is 460 g/mol. The number of nitrogens with two attached hydrogens (primary N) is 1. The predicted molar refractivity (Wildman–Crippen MR) is 131 cm³/mol. The number of fused-ring (bicyclic) bond motifs is 5. The predicted octanol–water partition coefficient (Wildman–Crippen LogP) is 3.55. The summed E-state index contributed by atoms with van der Waals surface area (Å²) in [6.07, 6.45) is 13.3. The SMILES string of the molecule is CC(/C=N/OCCNC(=N)N)=C\[C@H]1CC[C@]2(O)[C@@H]3CC[C@@H]4C[C@@H](O)CC[C@]4(C)[C@H]3CC[C@]12C. The van der Waals surface area contributed by atoms with E-state index >= 15 is 0 Å². The van der Waals surface area contributed by atoms with Crippen molar-refractivity contribution >= 4 is 12.2 Å². The molecule has 4 saturated carbocycles. The van der Waals surface area contributed by atoms with Crippen molar-refractivity contribution in [3.63, 3.8) is 0 Å². The Hall–Kier alpha value is -1.60. The number of aliphatic hydroxyl groups is 2. The van der Waals surface area contributed by atoms with E-state index in [0.717, 1.165) is 56.9 Å². The Kier molecular flexibility index (Phi) is 6.85. The van der Waals surface area contributed by atoms with Crippen molar-refractivity contribution in [3.8, 4) is 0 Å². The summed E-state index contributed by atoms with van der Waals surface area (Å²) in [7, 11) is 0. The lowest BCUT2D eigenvalue weighted by molar-refractivity contribution is -0.207. The lowest BCUT2D eigenvalue weighted by Gasteiger charge is -2.63. The minimum atomic E-state index is -0.604. The zero-order chi connectivity index (χ0) is 23.9. The molecule has 0 aromatic carbocycles. The Bertz CT molecular complexity index is 800. The molecule has 4 aliphatic carbocycles. The molecular weight excluding hydrogens is 416 g/mol. The van der Waals surface area contributed by atoms with Gasteiger partial charge >= 0.3 is 0 Å². The van der Waals surface area contributed by atoms with E-state index in [0.29, 0.717) is 36.8 Å². The minimum Gasteiger partial charge on any atom is -0.394 e. The number of nitrogens with zero attached hydrogens (tertiary/aromatic N) is 1. The number of hydrogen-bond acceptors (Lipinski definition) is 5. The Morgan fingerprint density at radius 1 is 1.15 bits per heavy atom. The van der Waals surface area contributed by atoms with Crippen molar-refractivity contribution in [1.82, 2.24) is 5.32 Å². The zero-order valence-corrected chi connectivity index (χ0v) is 20.6. The Labute approximate surface area is 198 Å². The summed E-state index contributed by atoms with van der Waals surface area (Å²) in [5.41, 5.74) is 5.87. The van der Waals surface area contributed by atoms with Crippen LogP contribution in [0.4, 0.5) is 0 Å². The molecule has 8 atom stereocenters. The van der Waals surface area contributed by atoms with Gasteiger partial charge in [0.05, 0.1) is 24.5 Å². The van der Waals surface area contributed by atoms with Crippen LogP contribution in [0.3, 0.4) is 0 Å². The van der Waals surface area contributed by atoms with Gasteiger partial charge in [0.2, 0.25) is 0 Å². The van der Waals surface area contributed by atoms with E-state index in [1.807, 2.05) is 6.92 Å². The molecule has 4 aliphatic rings. The number of hydrogen-bond donors (Lipinski definition) is 5. The van der Waals surface area contributed by atoms with E-state index in [1.165, 1.54) is 6.42 Å². The van der Waals surface area contributed by atoms with E-state index in [-0.39, 0.29) is 22.9 Å². The maximum absolute atomic E-state index is 12.3. The number of aliphatic hydroxyl groups excluding tert-OH is 1. The van der Waals surface area contributed by atoms with Crippen molar-refractivity contribution in [2.75, 3.05) is 13.2 Å². The molecule has 0 bridgehead atoms. The second-order valence-corrected chi connectivity index (χ2v) is 11.8. The summed E-state index contributed by atoms with van der Waals surface area (Å²) in [5.74, 6) is 1.82. The third-order valence-electron chi connectivity index (χ3n) is 10.2. The van der Waals surface area contributed by atoms with Gasteiger partial charge in [0, 0.05) is 5.41 Å². The first-order valence-corrected chi connectivity index (χ1v) is 12.9. The molecule has 0 aromatic rings. The van der Waals surface area contributed by atoms with Crippen LogP contribution in [0.15, 0.2) is 16.8 Å². The zero-order valence-electron chi connectivity index (χ0n) is 20.6. The van der Waals surface area contributed by atoms with Gasteiger partial charge < -0.3 is 26.1 Å². The van der Waals surface area contributed by atoms with Gasteiger partial charge in [-0.25, -0.2) is 0 Å². The summed E-state index contributed by atoms with van der Waals surface area (Å²) < 4.78 is 0. The van der Waals surface area contributed by atoms with Crippen molar-refractivity contribution in [2.45, 2.75) is 90.3 Å². The fourth-order valence-electron chi connectivity index (χ4n) is 8.28. The number of allylic oxidation sites excluding steroid dienone is 2. The van der Waals surface area contributed by atoms with Crippen LogP contribution in [-0.2, 0) is 4.84 Å². The minimum absolute atomic E-state index is 0.0705. The highest BCUT2D eigenvalue weighted by atomic mass is 16.6. The van der Waals surface area contributed by atoms with Gasteiger partial charge in [0.25, 0.3) is 0 Å².